The highest BCUT2D eigenvalue weighted by Crippen LogP contribution is 2.24. The number of rotatable bonds is 6. The number of aromatic hydroxyl groups is 1. The van der Waals surface area contributed by atoms with E-state index in [1.165, 1.54) is 12.1 Å². The first-order valence-corrected chi connectivity index (χ1v) is 5.80. The number of urea groups is 1. The molecule has 0 aliphatic heterocycles. The Morgan fingerprint density at radius 3 is 2.58 bits per heavy atom. The topological polar surface area (TPSA) is 111 Å². The smallest absolute Gasteiger partial charge is 0.335 e. The molecule has 0 aliphatic carbocycles. The molecular formula is C12H17N3O4. The monoisotopic (exact) mass is 267 g/mol. The Kier molecular flexibility index (Phi) is 5.62. The van der Waals surface area contributed by atoms with Gasteiger partial charge in [-0.15, -0.1) is 0 Å². The predicted octanol–water partition coefficient (Wildman–Crippen LogP) is 0.821. The lowest BCUT2D eigenvalue weighted by molar-refractivity contribution is 0.0696. The summed E-state index contributed by atoms with van der Waals surface area (Å²) < 4.78 is 0. The van der Waals surface area contributed by atoms with E-state index in [1.807, 2.05) is 7.05 Å². The van der Waals surface area contributed by atoms with Crippen LogP contribution in [0, 0.1) is 0 Å². The first-order chi connectivity index (χ1) is 9.04. The number of nitrogens with one attached hydrogen (secondary N) is 3. The van der Waals surface area contributed by atoms with Crippen molar-refractivity contribution in [1.29, 1.82) is 0 Å². The Morgan fingerprint density at radius 1 is 1.26 bits per heavy atom. The zero-order chi connectivity index (χ0) is 14.3. The number of hydrogen-bond acceptors (Lipinski definition) is 4. The fourth-order valence-corrected chi connectivity index (χ4v) is 1.40. The SMILES string of the molecule is CNCCCNC(=O)Nc1ccc(C(=O)O)cc1O. The van der Waals surface area contributed by atoms with Gasteiger partial charge in [-0.2, -0.15) is 0 Å². The molecule has 5 N–H and O–H groups in total. The highest BCUT2D eigenvalue weighted by atomic mass is 16.4. The zero-order valence-corrected chi connectivity index (χ0v) is 10.6. The van der Waals surface area contributed by atoms with Gasteiger partial charge >= 0.3 is 12.0 Å². The van der Waals surface area contributed by atoms with Crippen LogP contribution in [-0.2, 0) is 0 Å². The quantitative estimate of drug-likeness (QED) is 0.387. The molecule has 2 amide bonds. The number of carbonyl (C=O) groups excluding carboxylic acids is 1. The molecule has 0 atom stereocenters. The first kappa shape index (κ1) is 14.8. The van der Waals surface area contributed by atoms with E-state index in [2.05, 4.69) is 16.0 Å². The largest absolute Gasteiger partial charge is 0.506 e. The Balaban J connectivity index is 2.52. The second-order valence-electron chi connectivity index (χ2n) is 3.88. The molecule has 1 rings (SSSR count). The Morgan fingerprint density at radius 2 is 2.00 bits per heavy atom. The van der Waals surface area contributed by atoms with Crippen LogP contribution >= 0.6 is 0 Å². The summed E-state index contributed by atoms with van der Waals surface area (Å²) in [5.41, 5.74) is 0.119. The highest BCUT2D eigenvalue weighted by molar-refractivity contribution is 5.93. The molecule has 0 unspecified atom stereocenters. The molecule has 1 aromatic carbocycles. The van der Waals surface area contributed by atoms with Gasteiger partial charge in [-0.05, 0) is 38.2 Å². The molecule has 0 aliphatic rings. The maximum atomic E-state index is 11.5. The van der Waals surface area contributed by atoms with Crippen molar-refractivity contribution < 1.29 is 19.8 Å². The van der Waals surface area contributed by atoms with Crippen molar-refractivity contribution in [1.82, 2.24) is 10.6 Å². The number of anilines is 1. The lowest BCUT2D eigenvalue weighted by atomic mass is 10.2. The molecule has 7 heteroatoms. The fraction of sp³-hybridized carbons (Fsp3) is 0.333. The average Bonchev–Trinajstić information content (AvgIpc) is 2.37. The third-order valence-electron chi connectivity index (χ3n) is 2.38. The summed E-state index contributed by atoms with van der Waals surface area (Å²) in [5.74, 6) is -1.43. The van der Waals surface area contributed by atoms with Crippen molar-refractivity contribution in [2.75, 3.05) is 25.5 Å². The van der Waals surface area contributed by atoms with Crippen molar-refractivity contribution in [2.45, 2.75) is 6.42 Å². The molecule has 0 radical (unpaired) electrons. The third-order valence-corrected chi connectivity index (χ3v) is 2.38. The van der Waals surface area contributed by atoms with Crippen LogP contribution in [0.15, 0.2) is 18.2 Å². The minimum atomic E-state index is -1.14. The van der Waals surface area contributed by atoms with E-state index in [0.717, 1.165) is 19.0 Å². The Hall–Kier alpha value is -2.28. The number of benzene rings is 1. The summed E-state index contributed by atoms with van der Waals surface area (Å²) in [6.07, 6.45) is 0.786. The van der Waals surface area contributed by atoms with Crippen molar-refractivity contribution in [2.24, 2.45) is 0 Å². The van der Waals surface area contributed by atoms with E-state index in [9.17, 15) is 14.7 Å². The molecule has 1 aromatic rings. The second kappa shape index (κ2) is 7.22. The van der Waals surface area contributed by atoms with Crippen LogP contribution in [0.3, 0.4) is 0 Å². The van der Waals surface area contributed by atoms with Crippen LogP contribution < -0.4 is 16.0 Å². The standard InChI is InChI=1S/C12H17N3O4/c1-13-5-2-6-14-12(19)15-9-4-3-8(11(17)18)7-10(9)16/h3-4,7,13,16H,2,5-6H2,1H3,(H,17,18)(H2,14,15,19). The maximum Gasteiger partial charge on any atom is 0.335 e. The number of aromatic carboxylic acids is 1. The summed E-state index contributed by atoms with van der Waals surface area (Å²) in [6.45, 7) is 1.29. The number of hydrogen-bond donors (Lipinski definition) is 5. The van der Waals surface area contributed by atoms with Crippen molar-refractivity contribution in [3.63, 3.8) is 0 Å². The van der Waals surface area contributed by atoms with Gasteiger partial charge in [0.15, 0.2) is 0 Å². The van der Waals surface area contributed by atoms with Gasteiger partial charge in [0.1, 0.15) is 5.75 Å². The molecule has 0 fully saturated rings. The fourth-order valence-electron chi connectivity index (χ4n) is 1.40. The number of carboxylic acids is 1. The van der Waals surface area contributed by atoms with Crippen molar-refractivity contribution >= 4 is 17.7 Å². The van der Waals surface area contributed by atoms with Gasteiger partial charge in [0.25, 0.3) is 0 Å². The number of amides is 2. The van der Waals surface area contributed by atoms with E-state index in [-0.39, 0.29) is 17.0 Å². The van der Waals surface area contributed by atoms with E-state index in [0.29, 0.717) is 6.54 Å². The van der Waals surface area contributed by atoms with Gasteiger partial charge in [-0.25, -0.2) is 9.59 Å². The lowest BCUT2D eigenvalue weighted by Gasteiger charge is -2.09. The van der Waals surface area contributed by atoms with E-state index in [4.69, 9.17) is 5.11 Å². The Labute approximate surface area is 110 Å². The summed E-state index contributed by atoms with van der Waals surface area (Å²) >= 11 is 0. The minimum absolute atomic E-state index is 0.0440. The average molecular weight is 267 g/mol. The van der Waals surface area contributed by atoms with Crippen molar-refractivity contribution in [3.8, 4) is 5.75 Å². The maximum absolute atomic E-state index is 11.5. The number of phenolic OH excluding ortho intramolecular Hbond substituents is 1. The van der Waals surface area contributed by atoms with Gasteiger partial charge < -0.3 is 26.2 Å². The second-order valence-corrected chi connectivity index (χ2v) is 3.88. The number of carboxylic acid groups (broad SMARTS) is 1. The van der Waals surface area contributed by atoms with E-state index < -0.39 is 12.0 Å². The molecule has 104 valence electrons. The van der Waals surface area contributed by atoms with Gasteiger partial charge in [-0.3, -0.25) is 0 Å². The highest BCUT2D eigenvalue weighted by Gasteiger charge is 2.09. The minimum Gasteiger partial charge on any atom is -0.506 e. The normalized spacial score (nSPS) is 9.95. The molecule has 0 spiro atoms. The van der Waals surface area contributed by atoms with Crippen LogP contribution in [0.1, 0.15) is 16.8 Å². The van der Waals surface area contributed by atoms with Gasteiger partial charge in [0.05, 0.1) is 11.3 Å². The third kappa shape index (κ3) is 4.84. The van der Waals surface area contributed by atoms with Crippen LogP contribution in [0.2, 0.25) is 0 Å². The van der Waals surface area contributed by atoms with Crippen LogP contribution in [0.4, 0.5) is 10.5 Å². The summed E-state index contributed by atoms with van der Waals surface area (Å²) in [7, 11) is 1.82. The van der Waals surface area contributed by atoms with Crippen LogP contribution in [0.25, 0.3) is 0 Å². The molecular weight excluding hydrogens is 250 g/mol. The molecule has 0 saturated heterocycles. The first-order valence-electron chi connectivity index (χ1n) is 5.80. The summed E-state index contributed by atoms with van der Waals surface area (Å²) in [6, 6.07) is 3.28. The number of carbonyl (C=O) groups is 2. The Bertz CT molecular complexity index is 462. The van der Waals surface area contributed by atoms with Crippen LogP contribution in [-0.4, -0.2) is 42.4 Å². The summed E-state index contributed by atoms with van der Waals surface area (Å²) in [5, 5.41) is 26.3. The molecule has 0 bridgehead atoms. The number of phenols is 1. The zero-order valence-electron chi connectivity index (χ0n) is 10.6. The van der Waals surface area contributed by atoms with Gasteiger partial charge in [-0.1, -0.05) is 0 Å². The van der Waals surface area contributed by atoms with Crippen molar-refractivity contribution in [3.05, 3.63) is 23.8 Å². The molecule has 0 heterocycles. The van der Waals surface area contributed by atoms with Crippen LogP contribution in [0.5, 0.6) is 5.75 Å². The van der Waals surface area contributed by atoms with E-state index >= 15 is 0 Å². The van der Waals surface area contributed by atoms with E-state index in [1.54, 1.807) is 0 Å². The lowest BCUT2D eigenvalue weighted by Crippen LogP contribution is -2.30. The molecule has 7 nitrogen and oxygen atoms in total. The van der Waals surface area contributed by atoms with Gasteiger partial charge in [0, 0.05) is 6.54 Å². The molecule has 0 aromatic heterocycles. The molecule has 0 saturated carbocycles. The van der Waals surface area contributed by atoms with Gasteiger partial charge in [0.2, 0.25) is 0 Å². The summed E-state index contributed by atoms with van der Waals surface area (Å²) in [4.78, 5) is 22.1. The predicted molar refractivity (Wildman–Crippen MR) is 70.6 cm³/mol. The molecule has 19 heavy (non-hydrogen) atoms.